The largest absolute Gasteiger partial charge is 0.463 e. The molecule has 0 spiro atoms. The summed E-state index contributed by atoms with van der Waals surface area (Å²) in [5, 5.41) is 11.2. The first-order valence-corrected chi connectivity index (χ1v) is 11.0. The molecule has 1 N–H and O–H groups in total. The number of aliphatic hydroxyl groups is 1. The molecule has 5 nitrogen and oxygen atoms in total. The minimum atomic E-state index is -1.36. The molecule has 0 bridgehead atoms. The molecule has 8 atom stereocenters. The van der Waals surface area contributed by atoms with Crippen LogP contribution in [0.4, 0.5) is 0 Å². The van der Waals surface area contributed by atoms with Crippen molar-refractivity contribution in [2.75, 3.05) is 0 Å². The van der Waals surface area contributed by atoms with Crippen LogP contribution in [0.3, 0.4) is 0 Å². The molecule has 0 aromatic heterocycles. The molecule has 0 aromatic rings. The summed E-state index contributed by atoms with van der Waals surface area (Å²) in [6.07, 6.45) is 6.19. The number of rotatable bonds is 2. The van der Waals surface area contributed by atoms with Gasteiger partial charge >= 0.3 is 5.97 Å². The maximum Gasteiger partial charge on any atom is 0.302 e. The van der Waals surface area contributed by atoms with Gasteiger partial charge in [0.05, 0.1) is 0 Å². The quantitative estimate of drug-likeness (QED) is 0.730. The lowest BCUT2D eigenvalue weighted by Gasteiger charge is -2.60. The Hall–Kier alpha value is -1.23. The van der Waals surface area contributed by atoms with E-state index in [-0.39, 0.29) is 46.8 Å². The molecule has 28 heavy (non-hydrogen) atoms. The molecule has 4 saturated carbocycles. The highest BCUT2D eigenvalue weighted by Crippen LogP contribution is 2.67. The molecule has 5 heteroatoms. The van der Waals surface area contributed by atoms with Gasteiger partial charge in [0.1, 0.15) is 17.5 Å². The number of Topliss-reactive ketones (excluding diaryl/α,β-unsaturated/α-hetero) is 2. The molecular formula is C23H34O5. The number of hydrogen-bond acceptors (Lipinski definition) is 5. The van der Waals surface area contributed by atoms with E-state index in [0.717, 1.165) is 38.5 Å². The smallest absolute Gasteiger partial charge is 0.302 e. The van der Waals surface area contributed by atoms with Gasteiger partial charge in [-0.15, -0.1) is 0 Å². The van der Waals surface area contributed by atoms with Crippen molar-refractivity contribution in [3.63, 3.8) is 0 Å². The van der Waals surface area contributed by atoms with Crippen LogP contribution in [0.15, 0.2) is 0 Å². The average molecular weight is 391 g/mol. The van der Waals surface area contributed by atoms with Crippen molar-refractivity contribution in [1.29, 1.82) is 0 Å². The second-order valence-electron chi connectivity index (χ2n) is 10.5. The van der Waals surface area contributed by atoms with Gasteiger partial charge in [-0.1, -0.05) is 13.8 Å². The molecular weight excluding hydrogens is 356 g/mol. The second kappa shape index (κ2) is 6.38. The van der Waals surface area contributed by atoms with E-state index < -0.39 is 11.0 Å². The Labute approximate surface area is 167 Å². The lowest BCUT2D eigenvalue weighted by atomic mass is 9.44. The van der Waals surface area contributed by atoms with Crippen molar-refractivity contribution in [1.82, 2.24) is 0 Å². The van der Waals surface area contributed by atoms with Crippen molar-refractivity contribution < 1.29 is 24.2 Å². The Bertz CT molecular complexity index is 716. The maximum absolute atomic E-state index is 13.5. The summed E-state index contributed by atoms with van der Waals surface area (Å²) < 4.78 is 5.49. The van der Waals surface area contributed by atoms with Crippen LogP contribution < -0.4 is 0 Å². The van der Waals surface area contributed by atoms with Crippen molar-refractivity contribution in [3.8, 4) is 0 Å². The number of carbonyl (C=O) groups excluding carboxylic acids is 3. The zero-order valence-corrected chi connectivity index (χ0v) is 17.6. The maximum atomic E-state index is 13.5. The first-order chi connectivity index (χ1) is 13.0. The first kappa shape index (κ1) is 20.1. The van der Waals surface area contributed by atoms with Crippen LogP contribution in [0.25, 0.3) is 0 Å². The minimum Gasteiger partial charge on any atom is -0.463 e. The van der Waals surface area contributed by atoms with Gasteiger partial charge in [0.2, 0.25) is 0 Å². The van der Waals surface area contributed by atoms with Crippen LogP contribution in [-0.2, 0) is 19.1 Å². The molecule has 4 aliphatic carbocycles. The van der Waals surface area contributed by atoms with Gasteiger partial charge in [-0.3, -0.25) is 14.4 Å². The molecule has 0 heterocycles. The molecule has 0 aromatic carbocycles. The number of ketones is 2. The number of carbonyl (C=O) groups is 3. The summed E-state index contributed by atoms with van der Waals surface area (Å²) in [4.78, 5) is 37.2. The molecule has 0 unspecified atom stereocenters. The van der Waals surface area contributed by atoms with E-state index >= 15 is 0 Å². The van der Waals surface area contributed by atoms with Crippen LogP contribution in [-0.4, -0.2) is 34.3 Å². The van der Waals surface area contributed by atoms with Gasteiger partial charge in [0.25, 0.3) is 0 Å². The molecule has 0 aliphatic heterocycles. The summed E-state index contributed by atoms with van der Waals surface area (Å²) in [5.41, 5.74) is -2.05. The lowest BCUT2D eigenvalue weighted by Crippen LogP contribution is -2.61. The third-order valence-corrected chi connectivity index (χ3v) is 9.37. The number of ether oxygens (including phenoxy) is 1. The molecule has 0 radical (unpaired) electrons. The van der Waals surface area contributed by atoms with E-state index in [1.54, 1.807) is 0 Å². The molecule has 4 fully saturated rings. The topological polar surface area (TPSA) is 80.7 Å². The second-order valence-corrected chi connectivity index (χ2v) is 10.5. The zero-order valence-electron chi connectivity index (χ0n) is 17.6. The summed E-state index contributed by atoms with van der Waals surface area (Å²) in [6.45, 7) is 7.18. The van der Waals surface area contributed by atoms with E-state index in [4.69, 9.17) is 4.74 Å². The molecule has 0 amide bonds. The summed E-state index contributed by atoms with van der Waals surface area (Å²) in [7, 11) is 0. The molecule has 156 valence electrons. The van der Waals surface area contributed by atoms with Crippen molar-refractivity contribution in [3.05, 3.63) is 0 Å². The van der Waals surface area contributed by atoms with Gasteiger partial charge in [0, 0.05) is 24.7 Å². The van der Waals surface area contributed by atoms with Gasteiger partial charge in [-0.05, 0) is 75.0 Å². The third-order valence-electron chi connectivity index (χ3n) is 9.37. The van der Waals surface area contributed by atoms with E-state index in [1.807, 2.05) is 6.92 Å². The fourth-order valence-electron chi connectivity index (χ4n) is 7.96. The minimum absolute atomic E-state index is 0.0110. The number of hydrogen-bond donors (Lipinski definition) is 1. The van der Waals surface area contributed by atoms with E-state index in [0.29, 0.717) is 18.8 Å². The van der Waals surface area contributed by atoms with Crippen LogP contribution >= 0.6 is 0 Å². The Balaban J connectivity index is 1.63. The van der Waals surface area contributed by atoms with Crippen LogP contribution in [0.1, 0.15) is 79.1 Å². The highest BCUT2D eigenvalue weighted by atomic mass is 16.5. The normalized spacial score (nSPS) is 50.3. The molecule has 0 saturated heterocycles. The highest BCUT2D eigenvalue weighted by molar-refractivity contribution is 5.90. The monoisotopic (exact) mass is 390 g/mol. The van der Waals surface area contributed by atoms with E-state index in [2.05, 4.69) is 6.92 Å². The fourth-order valence-corrected chi connectivity index (χ4v) is 7.96. The fraction of sp³-hybridized carbons (Fsp3) is 0.870. The SMILES string of the molecule is CC(=O)O[C@H]1CC[C@@]2(C)[C@@H](CC[C@@H]3[C@@H]2C(=O)C[C@@]2(C)[C@H]3CC[C@@]2(O)C(C)=O)C1. The lowest BCUT2D eigenvalue weighted by molar-refractivity contribution is -0.181. The standard InChI is InChI=1S/C23H34O5/c1-13(24)23(27)10-8-18-17-6-5-15-11-16(28-14(2)25)7-9-21(15,3)20(17)19(26)12-22(18,23)4/h15-18,20,27H,5-12H2,1-4H3/t15-,16-,17-,18-,20+,21-,22-,23+/m0/s1. The Morgan fingerprint density at radius 3 is 2.43 bits per heavy atom. The van der Waals surface area contributed by atoms with Crippen LogP contribution in [0.5, 0.6) is 0 Å². The van der Waals surface area contributed by atoms with Gasteiger partial charge in [0.15, 0.2) is 5.78 Å². The Morgan fingerprint density at radius 1 is 1.07 bits per heavy atom. The predicted octanol–water partition coefficient (Wildman–Crippen LogP) is 3.46. The predicted molar refractivity (Wildman–Crippen MR) is 103 cm³/mol. The Morgan fingerprint density at radius 2 is 1.79 bits per heavy atom. The van der Waals surface area contributed by atoms with E-state index in [9.17, 15) is 19.5 Å². The van der Waals surface area contributed by atoms with Crippen LogP contribution in [0, 0.1) is 34.5 Å². The summed E-state index contributed by atoms with van der Waals surface area (Å²) in [5.74, 6) is 0.722. The van der Waals surface area contributed by atoms with Crippen molar-refractivity contribution in [2.45, 2.75) is 90.8 Å². The number of esters is 1. The summed E-state index contributed by atoms with van der Waals surface area (Å²) in [6, 6.07) is 0. The first-order valence-electron chi connectivity index (χ1n) is 11.0. The van der Waals surface area contributed by atoms with Crippen LogP contribution in [0.2, 0.25) is 0 Å². The number of fused-ring (bicyclic) bond motifs is 5. The van der Waals surface area contributed by atoms with Gasteiger partial charge in [-0.25, -0.2) is 0 Å². The van der Waals surface area contributed by atoms with Crippen molar-refractivity contribution in [2.24, 2.45) is 34.5 Å². The Kier molecular flexibility index (Phi) is 4.57. The third kappa shape index (κ3) is 2.57. The van der Waals surface area contributed by atoms with Crippen molar-refractivity contribution >= 4 is 17.5 Å². The highest BCUT2D eigenvalue weighted by Gasteiger charge is 2.68. The molecule has 4 aliphatic rings. The summed E-state index contributed by atoms with van der Waals surface area (Å²) >= 11 is 0. The van der Waals surface area contributed by atoms with Gasteiger partial charge < -0.3 is 9.84 Å². The van der Waals surface area contributed by atoms with Gasteiger partial charge in [-0.2, -0.15) is 0 Å². The molecule has 4 rings (SSSR count). The average Bonchev–Trinajstić information content (AvgIpc) is 2.86. The van der Waals surface area contributed by atoms with E-state index in [1.165, 1.54) is 13.8 Å². The zero-order chi connectivity index (χ0) is 20.5.